The van der Waals surface area contributed by atoms with E-state index in [-0.39, 0.29) is 5.91 Å². The van der Waals surface area contributed by atoms with Crippen LogP contribution in [0.2, 0.25) is 0 Å². The predicted octanol–water partition coefficient (Wildman–Crippen LogP) is 1.95. The number of likely N-dealkylation sites (N-methyl/N-ethyl adjacent to an activating group) is 1. The molecule has 0 heterocycles. The van der Waals surface area contributed by atoms with Gasteiger partial charge < -0.3 is 14.7 Å². The van der Waals surface area contributed by atoms with E-state index in [0.717, 1.165) is 11.6 Å². The van der Waals surface area contributed by atoms with Gasteiger partial charge in [0.2, 0.25) is 0 Å². The summed E-state index contributed by atoms with van der Waals surface area (Å²) >= 11 is 0. The second-order valence-corrected chi connectivity index (χ2v) is 4.71. The molecule has 0 saturated heterocycles. The number of aryl methyl sites for hydroxylation is 1. The van der Waals surface area contributed by atoms with Gasteiger partial charge in [-0.2, -0.15) is 0 Å². The van der Waals surface area contributed by atoms with Gasteiger partial charge >= 0.3 is 5.97 Å². The first-order chi connectivity index (χ1) is 9.31. The molecule has 20 heavy (non-hydrogen) atoms. The Balaban J connectivity index is 3.00. The number of hydrogen-bond acceptors (Lipinski definition) is 3. The zero-order valence-corrected chi connectivity index (χ0v) is 12.1. The van der Waals surface area contributed by atoms with E-state index in [4.69, 9.17) is 9.84 Å². The molecule has 0 aromatic heterocycles. The van der Waals surface area contributed by atoms with Gasteiger partial charge in [-0.3, -0.25) is 4.79 Å². The molecule has 0 bridgehead atoms. The molecule has 108 valence electrons. The molecule has 0 spiro atoms. The Morgan fingerprint density at radius 3 is 2.55 bits per heavy atom. The highest BCUT2D eigenvalue weighted by Crippen LogP contribution is 2.23. The van der Waals surface area contributed by atoms with Gasteiger partial charge in [0.25, 0.3) is 5.91 Å². The van der Waals surface area contributed by atoms with Crippen LogP contribution in [0.25, 0.3) is 6.08 Å². The topological polar surface area (TPSA) is 66.8 Å². The van der Waals surface area contributed by atoms with Gasteiger partial charge in [0.1, 0.15) is 5.75 Å². The van der Waals surface area contributed by atoms with Crippen LogP contribution in [0.1, 0.15) is 18.1 Å². The lowest BCUT2D eigenvalue weighted by molar-refractivity contribution is -0.135. The lowest BCUT2D eigenvalue weighted by Crippen LogP contribution is -2.35. The standard InChI is InChI=1S/C15H19NO4/c1-10-5-7-13(12(9-10)6-8-14(17)18)20-11(2)15(19)16(3)4/h5-9,11H,1-4H3,(H,17,18). The molecule has 0 aliphatic heterocycles. The predicted molar refractivity (Wildman–Crippen MR) is 76.6 cm³/mol. The minimum absolute atomic E-state index is 0.154. The summed E-state index contributed by atoms with van der Waals surface area (Å²) in [5, 5.41) is 8.69. The molecule has 1 atom stereocenters. The highest BCUT2D eigenvalue weighted by Gasteiger charge is 2.17. The van der Waals surface area contributed by atoms with Crippen LogP contribution in [0.5, 0.6) is 5.75 Å². The van der Waals surface area contributed by atoms with E-state index < -0.39 is 12.1 Å². The van der Waals surface area contributed by atoms with Crippen molar-refractivity contribution in [1.82, 2.24) is 4.90 Å². The maximum Gasteiger partial charge on any atom is 0.328 e. The summed E-state index contributed by atoms with van der Waals surface area (Å²) in [6.07, 6.45) is 1.86. The van der Waals surface area contributed by atoms with E-state index in [2.05, 4.69) is 0 Å². The van der Waals surface area contributed by atoms with Crippen molar-refractivity contribution < 1.29 is 19.4 Å². The fraction of sp³-hybridized carbons (Fsp3) is 0.333. The fourth-order valence-electron chi connectivity index (χ4n) is 1.67. The highest BCUT2D eigenvalue weighted by atomic mass is 16.5. The minimum Gasteiger partial charge on any atom is -0.480 e. The van der Waals surface area contributed by atoms with Crippen molar-refractivity contribution in [3.05, 3.63) is 35.4 Å². The van der Waals surface area contributed by atoms with Crippen LogP contribution in [0.4, 0.5) is 0 Å². The Morgan fingerprint density at radius 2 is 2.00 bits per heavy atom. The molecule has 0 radical (unpaired) electrons. The summed E-state index contributed by atoms with van der Waals surface area (Å²) in [7, 11) is 3.31. The number of nitrogens with zero attached hydrogens (tertiary/aromatic N) is 1. The average Bonchev–Trinajstić information content (AvgIpc) is 2.37. The maximum absolute atomic E-state index is 11.8. The maximum atomic E-state index is 11.8. The molecule has 1 amide bonds. The van der Waals surface area contributed by atoms with E-state index in [1.54, 1.807) is 27.1 Å². The third kappa shape index (κ3) is 4.42. The minimum atomic E-state index is -1.03. The Bertz CT molecular complexity index is 535. The van der Waals surface area contributed by atoms with Crippen molar-refractivity contribution >= 4 is 18.0 Å². The number of carboxylic acid groups (broad SMARTS) is 1. The summed E-state index contributed by atoms with van der Waals surface area (Å²) in [6, 6.07) is 5.39. The lowest BCUT2D eigenvalue weighted by Gasteiger charge is -2.19. The highest BCUT2D eigenvalue weighted by molar-refractivity contribution is 5.86. The molecule has 0 fully saturated rings. The van der Waals surface area contributed by atoms with Gasteiger partial charge in [-0.15, -0.1) is 0 Å². The Hall–Kier alpha value is -2.30. The molecule has 5 nitrogen and oxygen atoms in total. The number of hydrogen-bond donors (Lipinski definition) is 1. The normalized spacial score (nSPS) is 12.2. The molecule has 0 saturated carbocycles. The van der Waals surface area contributed by atoms with Gasteiger partial charge in [0, 0.05) is 25.7 Å². The first kappa shape index (κ1) is 15.8. The van der Waals surface area contributed by atoms with Gasteiger partial charge in [-0.25, -0.2) is 4.79 Å². The third-order valence-corrected chi connectivity index (χ3v) is 2.66. The van der Waals surface area contributed by atoms with E-state index >= 15 is 0 Å². The second kappa shape index (κ2) is 6.75. The summed E-state index contributed by atoms with van der Waals surface area (Å²) in [5.41, 5.74) is 1.61. The third-order valence-electron chi connectivity index (χ3n) is 2.66. The smallest absolute Gasteiger partial charge is 0.328 e. The Morgan fingerprint density at radius 1 is 1.35 bits per heavy atom. The van der Waals surface area contributed by atoms with Crippen molar-refractivity contribution in [1.29, 1.82) is 0 Å². The molecule has 1 aromatic rings. The summed E-state index contributed by atoms with van der Waals surface area (Å²) in [5.74, 6) is -0.704. The van der Waals surface area contributed by atoms with E-state index in [9.17, 15) is 9.59 Å². The van der Waals surface area contributed by atoms with Crippen molar-refractivity contribution in [3.63, 3.8) is 0 Å². The summed E-state index contributed by atoms with van der Waals surface area (Å²) < 4.78 is 5.62. The van der Waals surface area contributed by atoms with Crippen molar-refractivity contribution in [2.75, 3.05) is 14.1 Å². The molecule has 0 aliphatic carbocycles. The molecule has 1 N–H and O–H groups in total. The van der Waals surface area contributed by atoms with Crippen LogP contribution in [-0.4, -0.2) is 42.1 Å². The zero-order valence-electron chi connectivity index (χ0n) is 12.1. The van der Waals surface area contributed by atoms with E-state index in [0.29, 0.717) is 11.3 Å². The van der Waals surface area contributed by atoms with Crippen LogP contribution >= 0.6 is 0 Å². The summed E-state index contributed by atoms with van der Waals surface area (Å²) in [6.45, 7) is 3.56. The molecule has 0 aliphatic rings. The van der Waals surface area contributed by atoms with E-state index in [1.807, 2.05) is 19.1 Å². The van der Waals surface area contributed by atoms with Gasteiger partial charge in [0.05, 0.1) is 0 Å². The zero-order chi connectivity index (χ0) is 15.3. The second-order valence-electron chi connectivity index (χ2n) is 4.71. The SMILES string of the molecule is Cc1ccc(OC(C)C(=O)N(C)C)c(C=CC(=O)O)c1. The number of carbonyl (C=O) groups excluding carboxylic acids is 1. The van der Waals surface area contributed by atoms with Crippen molar-refractivity contribution in [2.24, 2.45) is 0 Å². The first-order valence-corrected chi connectivity index (χ1v) is 6.20. The molecule has 1 unspecified atom stereocenters. The molecular formula is C15H19NO4. The monoisotopic (exact) mass is 277 g/mol. The van der Waals surface area contributed by atoms with Crippen LogP contribution in [-0.2, 0) is 9.59 Å². The van der Waals surface area contributed by atoms with Crippen LogP contribution in [0.15, 0.2) is 24.3 Å². The number of aliphatic carboxylic acids is 1. The Labute approximate surface area is 118 Å². The van der Waals surface area contributed by atoms with Gasteiger partial charge in [-0.05, 0) is 32.1 Å². The van der Waals surface area contributed by atoms with E-state index in [1.165, 1.54) is 11.0 Å². The number of benzene rings is 1. The Kier molecular flexibility index (Phi) is 5.32. The number of amides is 1. The van der Waals surface area contributed by atoms with Crippen LogP contribution in [0, 0.1) is 6.92 Å². The number of ether oxygens (including phenoxy) is 1. The molecule has 1 rings (SSSR count). The molecule has 1 aromatic carbocycles. The molecular weight excluding hydrogens is 258 g/mol. The number of carboxylic acids is 1. The van der Waals surface area contributed by atoms with Crippen molar-refractivity contribution in [2.45, 2.75) is 20.0 Å². The largest absolute Gasteiger partial charge is 0.480 e. The van der Waals surface area contributed by atoms with Gasteiger partial charge in [-0.1, -0.05) is 11.6 Å². The van der Waals surface area contributed by atoms with Crippen LogP contribution < -0.4 is 4.74 Å². The first-order valence-electron chi connectivity index (χ1n) is 6.20. The number of rotatable bonds is 5. The quantitative estimate of drug-likeness (QED) is 0.835. The van der Waals surface area contributed by atoms with Gasteiger partial charge in [0.15, 0.2) is 6.10 Å². The average molecular weight is 277 g/mol. The van der Waals surface area contributed by atoms with Crippen molar-refractivity contribution in [3.8, 4) is 5.75 Å². The van der Waals surface area contributed by atoms with Crippen LogP contribution in [0.3, 0.4) is 0 Å². The molecule has 5 heteroatoms. The fourth-order valence-corrected chi connectivity index (χ4v) is 1.67. The number of carbonyl (C=O) groups is 2. The lowest BCUT2D eigenvalue weighted by atomic mass is 10.1. The summed E-state index contributed by atoms with van der Waals surface area (Å²) in [4.78, 5) is 23.8.